The standard InChI is InChI=1S/C15H15N3O3/c1-19-11-6-4-5-9(13(11)21-3)14-16-10-7-8-12(20-2)17-15(10)18-14/h4-8H,1-3H3,(H,16,17,18). The first kappa shape index (κ1) is 13.2. The predicted molar refractivity (Wildman–Crippen MR) is 79.0 cm³/mol. The molecule has 3 rings (SSSR count). The molecule has 1 aromatic carbocycles. The highest BCUT2D eigenvalue weighted by Gasteiger charge is 2.15. The Labute approximate surface area is 121 Å². The molecule has 1 N–H and O–H groups in total. The van der Waals surface area contributed by atoms with Gasteiger partial charge in [-0.25, -0.2) is 4.98 Å². The van der Waals surface area contributed by atoms with Crippen LogP contribution < -0.4 is 14.2 Å². The Balaban J connectivity index is 2.16. The molecule has 0 unspecified atom stereocenters. The van der Waals surface area contributed by atoms with Crippen molar-refractivity contribution in [3.63, 3.8) is 0 Å². The quantitative estimate of drug-likeness (QED) is 0.798. The summed E-state index contributed by atoms with van der Waals surface area (Å²) in [4.78, 5) is 12.0. The van der Waals surface area contributed by atoms with Gasteiger partial charge in [-0.1, -0.05) is 6.07 Å². The number of methoxy groups -OCH3 is 3. The predicted octanol–water partition coefficient (Wildman–Crippen LogP) is 2.65. The molecule has 6 heteroatoms. The maximum atomic E-state index is 5.43. The maximum Gasteiger partial charge on any atom is 0.215 e. The highest BCUT2D eigenvalue weighted by Crippen LogP contribution is 2.37. The highest BCUT2D eigenvalue weighted by molar-refractivity contribution is 5.79. The van der Waals surface area contributed by atoms with Crippen LogP contribution in [-0.2, 0) is 0 Å². The summed E-state index contributed by atoms with van der Waals surface area (Å²) < 4.78 is 15.8. The van der Waals surface area contributed by atoms with E-state index in [1.165, 1.54) is 0 Å². The summed E-state index contributed by atoms with van der Waals surface area (Å²) in [6, 6.07) is 9.30. The van der Waals surface area contributed by atoms with Crippen LogP contribution in [0, 0.1) is 0 Å². The molecule has 0 spiro atoms. The fourth-order valence-electron chi connectivity index (χ4n) is 2.19. The van der Waals surface area contributed by atoms with Crippen molar-refractivity contribution in [1.29, 1.82) is 0 Å². The van der Waals surface area contributed by atoms with Gasteiger partial charge in [0.2, 0.25) is 5.88 Å². The number of para-hydroxylation sites is 1. The molecule has 3 aromatic rings. The van der Waals surface area contributed by atoms with Crippen molar-refractivity contribution in [3.05, 3.63) is 30.3 Å². The molecule has 0 radical (unpaired) electrons. The van der Waals surface area contributed by atoms with Gasteiger partial charge >= 0.3 is 0 Å². The number of hydrogen-bond donors (Lipinski definition) is 1. The van der Waals surface area contributed by atoms with Gasteiger partial charge in [0.15, 0.2) is 17.1 Å². The van der Waals surface area contributed by atoms with Crippen LogP contribution in [0.5, 0.6) is 17.4 Å². The molecule has 0 aliphatic heterocycles. The first-order chi connectivity index (χ1) is 10.3. The number of nitrogens with one attached hydrogen (secondary N) is 1. The van der Waals surface area contributed by atoms with Crippen LogP contribution in [0.25, 0.3) is 22.6 Å². The van der Waals surface area contributed by atoms with Crippen LogP contribution in [0.15, 0.2) is 30.3 Å². The zero-order valence-electron chi connectivity index (χ0n) is 12.0. The zero-order chi connectivity index (χ0) is 14.8. The van der Waals surface area contributed by atoms with Gasteiger partial charge in [0, 0.05) is 6.07 Å². The van der Waals surface area contributed by atoms with Crippen molar-refractivity contribution < 1.29 is 14.2 Å². The van der Waals surface area contributed by atoms with Crippen molar-refractivity contribution in [2.75, 3.05) is 21.3 Å². The summed E-state index contributed by atoms with van der Waals surface area (Å²) >= 11 is 0. The Morgan fingerprint density at radius 1 is 0.905 bits per heavy atom. The number of ether oxygens (including phenoxy) is 3. The summed E-state index contributed by atoms with van der Waals surface area (Å²) in [5, 5.41) is 0. The second kappa shape index (κ2) is 5.32. The summed E-state index contributed by atoms with van der Waals surface area (Å²) in [6.07, 6.45) is 0. The summed E-state index contributed by atoms with van der Waals surface area (Å²) in [5.74, 6) is 2.48. The molecule has 0 aliphatic carbocycles. The monoisotopic (exact) mass is 285 g/mol. The van der Waals surface area contributed by atoms with Gasteiger partial charge in [0.05, 0.1) is 32.4 Å². The van der Waals surface area contributed by atoms with Crippen LogP contribution in [0.1, 0.15) is 0 Å². The van der Waals surface area contributed by atoms with Gasteiger partial charge in [-0.15, -0.1) is 0 Å². The average molecular weight is 285 g/mol. The summed E-state index contributed by atoms with van der Waals surface area (Å²) in [5.41, 5.74) is 2.23. The minimum absolute atomic E-state index is 0.526. The molecule has 2 aromatic heterocycles. The summed E-state index contributed by atoms with van der Waals surface area (Å²) in [7, 11) is 4.78. The SMILES string of the molecule is COc1ccc2[nH]c(-c3cccc(OC)c3OC)nc2n1. The first-order valence-corrected chi connectivity index (χ1v) is 6.39. The van der Waals surface area contributed by atoms with Gasteiger partial charge in [-0.2, -0.15) is 4.98 Å². The lowest BCUT2D eigenvalue weighted by molar-refractivity contribution is 0.356. The number of pyridine rings is 1. The van der Waals surface area contributed by atoms with E-state index < -0.39 is 0 Å². The summed E-state index contributed by atoms with van der Waals surface area (Å²) in [6.45, 7) is 0. The fraction of sp³-hybridized carbons (Fsp3) is 0.200. The molecule has 0 bridgehead atoms. The molecule has 0 atom stereocenters. The van der Waals surface area contributed by atoms with Crippen molar-refractivity contribution in [1.82, 2.24) is 15.0 Å². The van der Waals surface area contributed by atoms with E-state index in [1.54, 1.807) is 27.4 Å². The van der Waals surface area contributed by atoms with Crippen molar-refractivity contribution in [3.8, 4) is 28.8 Å². The van der Waals surface area contributed by atoms with E-state index in [0.717, 1.165) is 11.1 Å². The number of aromatic nitrogens is 3. The molecule has 0 fully saturated rings. The molecular formula is C15H15N3O3. The highest BCUT2D eigenvalue weighted by atomic mass is 16.5. The van der Waals surface area contributed by atoms with E-state index in [-0.39, 0.29) is 0 Å². The Morgan fingerprint density at radius 2 is 1.76 bits per heavy atom. The third-order valence-corrected chi connectivity index (χ3v) is 3.19. The van der Waals surface area contributed by atoms with Crippen LogP contribution in [-0.4, -0.2) is 36.3 Å². The number of benzene rings is 1. The lowest BCUT2D eigenvalue weighted by Gasteiger charge is -2.10. The van der Waals surface area contributed by atoms with Gasteiger partial charge in [-0.05, 0) is 18.2 Å². The van der Waals surface area contributed by atoms with E-state index in [0.29, 0.717) is 28.9 Å². The minimum Gasteiger partial charge on any atom is -0.493 e. The topological polar surface area (TPSA) is 69.3 Å². The first-order valence-electron chi connectivity index (χ1n) is 6.39. The van der Waals surface area contributed by atoms with E-state index >= 15 is 0 Å². The Bertz CT molecular complexity index is 783. The molecule has 0 saturated heterocycles. The molecule has 6 nitrogen and oxygen atoms in total. The van der Waals surface area contributed by atoms with Gasteiger partial charge in [-0.3, -0.25) is 0 Å². The zero-order valence-corrected chi connectivity index (χ0v) is 12.0. The number of fused-ring (bicyclic) bond motifs is 1. The fourth-order valence-corrected chi connectivity index (χ4v) is 2.19. The lowest BCUT2D eigenvalue weighted by atomic mass is 10.1. The second-order valence-electron chi connectivity index (χ2n) is 4.35. The van der Waals surface area contributed by atoms with Gasteiger partial charge < -0.3 is 19.2 Å². The molecule has 0 aliphatic rings. The number of H-pyrrole nitrogens is 1. The van der Waals surface area contributed by atoms with Crippen LogP contribution in [0.3, 0.4) is 0 Å². The largest absolute Gasteiger partial charge is 0.493 e. The number of rotatable bonds is 4. The Hall–Kier alpha value is -2.76. The van der Waals surface area contributed by atoms with Crippen LogP contribution in [0.2, 0.25) is 0 Å². The molecule has 21 heavy (non-hydrogen) atoms. The molecule has 2 heterocycles. The number of aromatic amines is 1. The molecule has 0 amide bonds. The van der Waals surface area contributed by atoms with E-state index in [4.69, 9.17) is 14.2 Å². The normalized spacial score (nSPS) is 10.6. The maximum absolute atomic E-state index is 5.43. The third kappa shape index (κ3) is 2.24. The van der Waals surface area contributed by atoms with Gasteiger partial charge in [0.25, 0.3) is 0 Å². The number of imidazole rings is 1. The van der Waals surface area contributed by atoms with E-state index in [9.17, 15) is 0 Å². The van der Waals surface area contributed by atoms with Crippen molar-refractivity contribution in [2.24, 2.45) is 0 Å². The van der Waals surface area contributed by atoms with Crippen LogP contribution in [0.4, 0.5) is 0 Å². The van der Waals surface area contributed by atoms with E-state index in [1.807, 2.05) is 24.3 Å². The van der Waals surface area contributed by atoms with Crippen molar-refractivity contribution >= 4 is 11.2 Å². The molecule has 108 valence electrons. The Kier molecular flexibility index (Phi) is 3.35. The smallest absolute Gasteiger partial charge is 0.215 e. The van der Waals surface area contributed by atoms with Crippen LogP contribution >= 0.6 is 0 Å². The molecule has 0 saturated carbocycles. The minimum atomic E-state index is 0.526. The van der Waals surface area contributed by atoms with E-state index in [2.05, 4.69) is 15.0 Å². The van der Waals surface area contributed by atoms with Gasteiger partial charge in [0.1, 0.15) is 5.82 Å². The lowest BCUT2D eigenvalue weighted by Crippen LogP contribution is -1.93. The van der Waals surface area contributed by atoms with Crippen molar-refractivity contribution in [2.45, 2.75) is 0 Å². The number of hydrogen-bond acceptors (Lipinski definition) is 5. The number of nitrogens with zero attached hydrogens (tertiary/aromatic N) is 2. The Morgan fingerprint density at radius 3 is 2.48 bits per heavy atom. The second-order valence-corrected chi connectivity index (χ2v) is 4.35. The average Bonchev–Trinajstić information content (AvgIpc) is 2.96. The molecular weight excluding hydrogens is 270 g/mol. The third-order valence-electron chi connectivity index (χ3n) is 3.19.